The number of aryl methyl sites for hydroxylation is 1. The van der Waals surface area contributed by atoms with Gasteiger partial charge < -0.3 is 5.11 Å². The van der Waals surface area contributed by atoms with E-state index in [1.54, 1.807) is 23.9 Å². The molecule has 0 fully saturated rings. The molecule has 0 saturated heterocycles. The first-order valence-electron chi connectivity index (χ1n) is 3.72. The largest absolute Gasteiger partial charge is 0.508 e. The molecule has 0 spiro atoms. The Morgan fingerprint density at radius 3 is 2.75 bits per heavy atom. The van der Waals surface area contributed by atoms with E-state index >= 15 is 0 Å². The lowest BCUT2D eigenvalue weighted by Crippen LogP contribution is -1.78. The highest BCUT2D eigenvalue weighted by molar-refractivity contribution is 8.03. The molecule has 1 aromatic rings. The van der Waals surface area contributed by atoms with E-state index in [0.29, 0.717) is 5.75 Å². The summed E-state index contributed by atoms with van der Waals surface area (Å²) in [5.74, 6) is 0.310. The minimum absolute atomic E-state index is 0.310. The molecule has 2 heteroatoms. The predicted molar refractivity (Wildman–Crippen MR) is 53.5 cm³/mol. The fourth-order valence-electron chi connectivity index (χ4n) is 0.886. The van der Waals surface area contributed by atoms with Crippen molar-refractivity contribution in [2.75, 3.05) is 0 Å². The summed E-state index contributed by atoms with van der Waals surface area (Å²) in [6.07, 6.45) is 0. The highest BCUT2D eigenvalue weighted by Crippen LogP contribution is 2.30. The van der Waals surface area contributed by atoms with Crippen LogP contribution < -0.4 is 0 Å². The number of phenolic OH excluding ortho intramolecular Hbond substituents is 1. The van der Waals surface area contributed by atoms with Gasteiger partial charge in [-0.15, -0.1) is 0 Å². The first kappa shape index (κ1) is 9.20. The summed E-state index contributed by atoms with van der Waals surface area (Å²) in [5, 5.41) is 9.21. The third kappa shape index (κ3) is 2.31. The van der Waals surface area contributed by atoms with E-state index in [4.69, 9.17) is 0 Å². The van der Waals surface area contributed by atoms with Crippen LogP contribution in [0.4, 0.5) is 0 Å². The van der Waals surface area contributed by atoms with Crippen molar-refractivity contribution in [2.45, 2.75) is 18.7 Å². The second kappa shape index (κ2) is 3.68. The van der Waals surface area contributed by atoms with E-state index in [0.717, 1.165) is 9.80 Å². The molecule has 12 heavy (non-hydrogen) atoms. The zero-order valence-electron chi connectivity index (χ0n) is 7.29. The van der Waals surface area contributed by atoms with Gasteiger partial charge in [0.05, 0.1) is 0 Å². The van der Waals surface area contributed by atoms with Crippen molar-refractivity contribution in [1.29, 1.82) is 0 Å². The standard InChI is InChI=1S/C10H12OS/c1-7(2)12-10-6-9(11)5-4-8(10)3/h4-6,11H,1H2,2-3H3. The van der Waals surface area contributed by atoms with Crippen LogP contribution in [-0.4, -0.2) is 5.11 Å². The molecule has 64 valence electrons. The second-order valence-electron chi connectivity index (χ2n) is 2.75. The lowest BCUT2D eigenvalue weighted by atomic mass is 10.2. The molecule has 0 aliphatic rings. The number of phenols is 1. The number of hydrogen-bond acceptors (Lipinski definition) is 2. The monoisotopic (exact) mass is 180 g/mol. The van der Waals surface area contributed by atoms with Crippen molar-refractivity contribution in [3.63, 3.8) is 0 Å². The Morgan fingerprint density at radius 2 is 2.17 bits per heavy atom. The molecule has 0 amide bonds. The lowest BCUT2D eigenvalue weighted by Gasteiger charge is -2.04. The van der Waals surface area contributed by atoms with Gasteiger partial charge >= 0.3 is 0 Å². The average molecular weight is 180 g/mol. The molecule has 0 unspecified atom stereocenters. The Labute approximate surface area is 77.1 Å². The molecular formula is C10H12OS. The predicted octanol–water partition coefficient (Wildman–Crippen LogP) is 3.33. The molecule has 1 N–H and O–H groups in total. The normalized spacial score (nSPS) is 9.83. The summed E-state index contributed by atoms with van der Waals surface area (Å²) in [7, 11) is 0. The molecule has 0 heterocycles. The fourth-order valence-corrected chi connectivity index (χ4v) is 1.67. The van der Waals surface area contributed by atoms with Crippen LogP contribution in [0.15, 0.2) is 34.6 Å². The van der Waals surface area contributed by atoms with Gasteiger partial charge in [0, 0.05) is 4.90 Å². The van der Waals surface area contributed by atoms with Crippen molar-refractivity contribution in [1.82, 2.24) is 0 Å². The Balaban J connectivity index is 2.97. The van der Waals surface area contributed by atoms with Crippen LogP contribution >= 0.6 is 11.8 Å². The van der Waals surface area contributed by atoms with Crippen LogP contribution in [0.3, 0.4) is 0 Å². The SMILES string of the molecule is C=C(C)Sc1cc(O)ccc1C. The number of hydrogen-bond donors (Lipinski definition) is 1. The Kier molecular flexibility index (Phi) is 2.82. The number of allylic oxidation sites excluding steroid dienone is 1. The minimum Gasteiger partial charge on any atom is -0.508 e. The Hall–Kier alpha value is -0.890. The van der Waals surface area contributed by atoms with Crippen molar-refractivity contribution in [3.8, 4) is 5.75 Å². The number of rotatable bonds is 2. The molecule has 0 radical (unpaired) electrons. The van der Waals surface area contributed by atoms with Gasteiger partial charge in [-0.25, -0.2) is 0 Å². The molecule has 0 aliphatic carbocycles. The van der Waals surface area contributed by atoms with Crippen LogP contribution in [-0.2, 0) is 0 Å². The van der Waals surface area contributed by atoms with Crippen molar-refractivity contribution in [2.24, 2.45) is 0 Å². The van der Waals surface area contributed by atoms with E-state index < -0.39 is 0 Å². The zero-order chi connectivity index (χ0) is 9.14. The van der Waals surface area contributed by atoms with Gasteiger partial charge in [-0.1, -0.05) is 24.4 Å². The van der Waals surface area contributed by atoms with Crippen LogP contribution in [0.25, 0.3) is 0 Å². The maximum atomic E-state index is 9.21. The summed E-state index contributed by atoms with van der Waals surface area (Å²) in [6.45, 7) is 7.77. The Bertz CT molecular complexity index is 305. The van der Waals surface area contributed by atoms with Crippen LogP contribution in [0, 0.1) is 6.92 Å². The molecule has 0 atom stereocenters. The van der Waals surface area contributed by atoms with E-state index in [-0.39, 0.29) is 0 Å². The smallest absolute Gasteiger partial charge is 0.116 e. The molecule has 1 aromatic carbocycles. The highest BCUT2D eigenvalue weighted by atomic mass is 32.2. The fraction of sp³-hybridized carbons (Fsp3) is 0.200. The maximum Gasteiger partial charge on any atom is 0.116 e. The van der Waals surface area contributed by atoms with Crippen LogP contribution in [0.2, 0.25) is 0 Å². The molecule has 0 aromatic heterocycles. The third-order valence-electron chi connectivity index (χ3n) is 1.46. The summed E-state index contributed by atoms with van der Waals surface area (Å²) in [6, 6.07) is 5.35. The molecule has 0 saturated carbocycles. The van der Waals surface area contributed by atoms with Gasteiger partial charge in [0.2, 0.25) is 0 Å². The number of aromatic hydroxyl groups is 1. The molecular weight excluding hydrogens is 168 g/mol. The van der Waals surface area contributed by atoms with E-state index in [9.17, 15) is 5.11 Å². The quantitative estimate of drug-likeness (QED) is 0.704. The number of thioether (sulfide) groups is 1. The molecule has 1 nitrogen and oxygen atoms in total. The van der Waals surface area contributed by atoms with Crippen molar-refractivity contribution < 1.29 is 5.11 Å². The molecule has 0 aliphatic heterocycles. The molecule has 1 rings (SSSR count). The van der Waals surface area contributed by atoms with Gasteiger partial charge in [0.25, 0.3) is 0 Å². The molecule has 0 bridgehead atoms. The highest BCUT2D eigenvalue weighted by Gasteiger charge is 1.99. The summed E-state index contributed by atoms with van der Waals surface area (Å²) in [4.78, 5) is 2.10. The van der Waals surface area contributed by atoms with Gasteiger partial charge in [-0.05, 0) is 36.4 Å². The van der Waals surface area contributed by atoms with Gasteiger partial charge in [0.15, 0.2) is 0 Å². The minimum atomic E-state index is 0.310. The summed E-state index contributed by atoms with van der Waals surface area (Å²) >= 11 is 1.58. The lowest BCUT2D eigenvalue weighted by molar-refractivity contribution is 0.473. The third-order valence-corrected chi connectivity index (χ3v) is 2.46. The zero-order valence-corrected chi connectivity index (χ0v) is 8.11. The maximum absolute atomic E-state index is 9.21. The first-order valence-corrected chi connectivity index (χ1v) is 4.54. The summed E-state index contributed by atoms with van der Waals surface area (Å²) < 4.78 is 0. The van der Waals surface area contributed by atoms with E-state index in [1.165, 1.54) is 5.56 Å². The van der Waals surface area contributed by atoms with Gasteiger partial charge in [-0.3, -0.25) is 0 Å². The van der Waals surface area contributed by atoms with E-state index in [1.807, 2.05) is 19.9 Å². The summed E-state index contributed by atoms with van der Waals surface area (Å²) in [5.41, 5.74) is 1.17. The van der Waals surface area contributed by atoms with Gasteiger partial charge in [-0.2, -0.15) is 0 Å². The average Bonchev–Trinajstić information content (AvgIpc) is 1.96. The van der Waals surface area contributed by atoms with Crippen molar-refractivity contribution in [3.05, 3.63) is 35.2 Å². The second-order valence-corrected chi connectivity index (χ2v) is 4.09. The topological polar surface area (TPSA) is 20.2 Å². The Morgan fingerprint density at radius 1 is 1.50 bits per heavy atom. The van der Waals surface area contributed by atoms with Crippen molar-refractivity contribution >= 4 is 11.8 Å². The van der Waals surface area contributed by atoms with E-state index in [2.05, 4.69) is 6.58 Å². The first-order chi connectivity index (χ1) is 5.59. The number of benzene rings is 1. The van der Waals surface area contributed by atoms with Crippen LogP contribution in [0.1, 0.15) is 12.5 Å². The van der Waals surface area contributed by atoms with Crippen LogP contribution in [0.5, 0.6) is 5.75 Å². The van der Waals surface area contributed by atoms with Gasteiger partial charge in [0.1, 0.15) is 5.75 Å².